The van der Waals surface area contributed by atoms with Crippen LogP contribution in [-0.4, -0.2) is 43.5 Å². The number of halogens is 1. The van der Waals surface area contributed by atoms with E-state index in [1.165, 1.54) is 7.11 Å². The van der Waals surface area contributed by atoms with Crippen molar-refractivity contribution in [2.75, 3.05) is 26.9 Å². The number of hydrogen-bond donors (Lipinski definition) is 2. The first-order valence-electron chi connectivity index (χ1n) is 5.79. The molecule has 1 atom stereocenters. The van der Waals surface area contributed by atoms with Crippen LogP contribution in [-0.2, 0) is 9.53 Å². The molecule has 0 aliphatic rings. The van der Waals surface area contributed by atoms with Crippen molar-refractivity contribution in [1.82, 2.24) is 5.32 Å². The minimum Gasteiger partial charge on any atom is -0.484 e. The van der Waals surface area contributed by atoms with Crippen molar-refractivity contribution in [2.24, 2.45) is 0 Å². The van der Waals surface area contributed by atoms with E-state index in [0.717, 1.165) is 0 Å². The van der Waals surface area contributed by atoms with E-state index in [9.17, 15) is 9.90 Å². The number of carbonyl (C=O) groups is 1. The number of amides is 1. The normalized spacial score (nSPS) is 13.7. The van der Waals surface area contributed by atoms with Gasteiger partial charge in [0.1, 0.15) is 11.4 Å². The Morgan fingerprint density at radius 1 is 1.42 bits per heavy atom. The van der Waals surface area contributed by atoms with Crippen molar-refractivity contribution < 1.29 is 19.4 Å². The Kier molecular flexibility index (Phi) is 6.08. The van der Waals surface area contributed by atoms with E-state index in [0.29, 0.717) is 10.8 Å². The molecule has 0 aliphatic carbocycles. The summed E-state index contributed by atoms with van der Waals surface area (Å²) in [6, 6.07) is 6.71. The summed E-state index contributed by atoms with van der Waals surface area (Å²) in [5.41, 5.74) is -1.09. The van der Waals surface area contributed by atoms with Gasteiger partial charge in [-0.15, -0.1) is 0 Å². The maximum absolute atomic E-state index is 11.5. The molecule has 0 radical (unpaired) electrons. The molecule has 0 saturated heterocycles. The topological polar surface area (TPSA) is 67.8 Å². The third-order valence-corrected chi connectivity index (χ3v) is 2.56. The first-order valence-corrected chi connectivity index (χ1v) is 6.17. The molecule has 1 rings (SSSR count). The highest BCUT2D eigenvalue weighted by Crippen LogP contribution is 2.15. The van der Waals surface area contributed by atoms with Gasteiger partial charge in [-0.2, -0.15) is 0 Å². The van der Waals surface area contributed by atoms with E-state index >= 15 is 0 Å². The number of hydrogen-bond acceptors (Lipinski definition) is 4. The summed E-state index contributed by atoms with van der Waals surface area (Å²) < 4.78 is 10.1. The van der Waals surface area contributed by atoms with E-state index < -0.39 is 5.60 Å². The lowest BCUT2D eigenvalue weighted by atomic mass is 10.1. The summed E-state index contributed by atoms with van der Waals surface area (Å²) in [5.74, 6) is 0.245. The van der Waals surface area contributed by atoms with Gasteiger partial charge in [0.25, 0.3) is 5.91 Å². The minimum absolute atomic E-state index is 0.101. The molecular formula is C13H18ClNO4. The Morgan fingerprint density at radius 2 is 2.05 bits per heavy atom. The lowest BCUT2D eigenvalue weighted by molar-refractivity contribution is -0.124. The van der Waals surface area contributed by atoms with Gasteiger partial charge in [0.15, 0.2) is 6.61 Å². The number of rotatable bonds is 7. The fourth-order valence-electron chi connectivity index (χ4n) is 1.38. The van der Waals surface area contributed by atoms with Crippen LogP contribution in [0.5, 0.6) is 5.75 Å². The Balaban J connectivity index is 2.30. The van der Waals surface area contributed by atoms with Crippen LogP contribution >= 0.6 is 11.6 Å². The number of methoxy groups -OCH3 is 1. The van der Waals surface area contributed by atoms with Crippen LogP contribution in [0, 0.1) is 0 Å². The Morgan fingerprint density at radius 3 is 2.63 bits per heavy atom. The second kappa shape index (κ2) is 7.33. The standard InChI is InChI=1S/C13H18ClNO4/c1-13(17,9-18-2)8-15-12(16)7-19-11-5-3-10(14)4-6-11/h3-6,17H,7-9H2,1-2H3,(H,15,16). The molecule has 0 aliphatic heterocycles. The van der Waals surface area contributed by atoms with E-state index in [4.69, 9.17) is 21.1 Å². The van der Waals surface area contributed by atoms with Crippen LogP contribution in [0.15, 0.2) is 24.3 Å². The molecule has 0 saturated carbocycles. The molecule has 106 valence electrons. The molecule has 6 heteroatoms. The van der Waals surface area contributed by atoms with Crippen LogP contribution < -0.4 is 10.1 Å². The smallest absolute Gasteiger partial charge is 0.258 e. The number of benzene rings is 1. The molecule has 1 amide bonds. The van der Waals surface area contributed by atoms with Crippen molar-refractivity contribution in [3.63, 3.8) is 0 Å². The quantitative estimate of drug-likeness (QED) is 0.792. The monoisotopic (exact) mass is 287 g/mol. The van der Waals surface area contributed by atoms with Crippen molar-refractivity contribution >= 4 is 17.5 Å². The molecule has 0 heterocycles. The minimum atomic E-state index is -1.09. The summed E-state index contributed by atoms with van der Waals surface area (Å²) in [6.07, 6.45) is 0. The van der Waals surface area contributed by atoms with Gasteiger partial charge in [0.05, 0.1) is 6.61 Å². The number of nitrogens with one attached hydrogen (secondary N) is 1. The van der Waals surface area contributed by atoms with Crippen LogP contribution in [0.25, 0.3) is 0 Å². The van der Waals surface area contributed by atoms with Crippen LogP contribution in [0.2, 0.25) is 5.02 Å². The number of ether oxygens (including phenoxy) is 2. The highest BCUT2D eigenvalue weighted by molar-refractivity contribution is 6.30. The van der Waals surface area contributed by atoms with Crippen molar-refractivity contribution in [3.8, 4) is 5.75 Å². The Hall–Kier alpha value is -1.30. The Labute approximate surface area is 117 Å². The molecule has 1 aromatic carbocycles. The average molecular weight is 288 g/mol. The summed E-state index contributed by atoms with van der Waals surface area (Å²) in [4.78, 5) is 11.5. The lowest BCUT2D eigenvalue weighted by Crippen LogP contribution is -2.45. The lowest BCUT2D eigenvalue weighted by Gasteiger charge is -2.22. The summed E-state index contributed by atoms with van der Waals surface area (Å²) >= 11 is 5.73. The zero-order valence-electron chi connectivity index (χ0n) is 11.0. The fraction of sp³-hybridized carbons (Fsp3) is 0.462. The second-order valence-electron chi connectivity index (χ2n) is 4.45. The molecule has 0 bridgehead atoms. The van der Waals surface area contributed by atoms with Crippen molar-refractivity contribution in [1.29, 1.82) is 0 Å². The molecule has 0 aromatic heterocycles. The summed E-state index contributed by atoms with van der Waals surface area (Å²) in [6.45, 7) is 1.70. The zero-order valence-corrected chi connectivity index (χ0v) is 11.7. The first-order chi connectivity index (χ1) is 8.93. The maximum atomic E-state index is 11.5. The van der Waals surface area contributed by atoms with E-state index in [2.05, 4.69) is 5.32 Å². The third kappa shape index (κ3) is 6.42. The first kappa shape index (κ1) is 15.8. The van der Waals surface area contributed by atoms with Gasteiger partial charge < -0.3 is 19.9 Å². The molecule has 1 unspecified atom stereocenters. The third-order valence-electron chi connectivity index (χ3n) is 2.31. The van der Waals surface area contributed by atoms with Crippen LogP contribution in [0.4, 0.5) is 0 Å². The van der Waals surface area contributed by atoms with Gasteiger partial charge in [-0.05, 0) is 31.2 Å². The highest BCUT2D eigenvalue weighted by atomic mass is 35.5. The van der Waals surface area contributed by atoms with Crippen molar-refractivity contribution in [3.05, 3.63) is 29.3 Å². The predicted octanol–water partition coefficient (Wildman–Crippen LogP) is 1.23. The highest BCUT2D eigenvalue weighted by Gasteiger charge is 2.20. The van der Waals surface area contributed by atoms with E-state index in [1.807, 2.05) is 0 Å². The number of carbonyl (C=O) groups excluding carboxylic acids is 1. The number of aliphatic hydroxyl groups is 1. The van der Waals surface area contributed by atoms with Gasteiger partial charge in [-0.3, -0.25) is 4.79 Å². The van der Waals surface area contributed by atoms with Crippen LogP contribution in [0.3, 0.4) is 0 Å². The molecule has 2 N–H and O–H groups in total. The van der Waals surface area contributed by atoms with Gasteiger partial charge in [-0.1, -0.05) is 11.6 Å². The summed E-state index contributed by atoms with van der Waals surface area (Å²) in [5, 5.41) is 13.0. The second-order valence-corrected chi connectivity index (χ2v) is 4.89. The average Bonchev–Trinajstić information content (AvgIpc) is 2.36. The summed E-state index contributed by atoms with van der Waals surface area (Å²) in [7, 11) is 1.49. The van der Waals surface area contributed by atoms with Gasteiger partial charge in [0, 0.05) is 18.7 Å². The largest absolute Gasteiger partial charge is 0.484 e. The maximum Gasteiger partial charge on any atom is 0.258 e. The molecule has 0 fully saturated rings. The molecule has 0 spiro atoms. The molecule has 19 heavy (non-hydrogen) atoms. The van der Waals surface area contributed by atoms with Gasteiger partial charge in [-0.25, -0.2) is 0 Å². The van der Waals surface area contributed by atoms with Gasteiger partial charge in [0.2, 0.25) is 0 Å². The van der Waals surface area contributed by atoms with Gasteiger partial charge >= 0.3 is 0 Å². The van der Waals surface area contributed by atoms with Crippen molar-refractivity contribution in [2.45, 2.75) is 12.5 Å². The van der Waals surface area contributed by atoms with E-state index in [1.54, 1.807) is 31.2 Å². The molecule has 5 nitrogen and oxygen atoms in total. The Bertz CT molecular complexity index is 406. The fourth-order valence-corrected chi connectivity index (χ4v) is 1.51. The SMILES string of the molecule is COCC(C)(O)CNC(=O)COc1ccc(Cl)cc1. The zero-order chi connectivity index (χ0) is 14.3. The van der Waals surface area contributed by atoms with E-state index in [-0.39, 0.29) is 25.7 Å². The predicted molar refractivity (Wildman–Crippen MR) is 72.5 cm³/mol. The van der Waals surface area contributed by atoms with Crippen LogP contribution in [0.1, 0.15) is 6.92 Å². The molecule has 1 aromatic rings. The molecular weight excluding hydrogens is 270 g/mol.